The van der Waals surface area contributed by atoms with Crippen LogP contribution in [0.2, 0.25) is 6.04 Å². The summed E-state index contributed by atoms with van der Waals surface area (Å²) in [4.78, 5) is 11.4. The van der Waals surface area contributed by atoms with Crippen molar-refractivity contribution in [2.45, 2.75) is 12.5 Å². The van der Waals surface area contributed by atoms with Crippen LogP contribution < -0.4 is 0 Å². The molecule has 64 valence electrons. The highest BCUT2D eigenvalue weighted by Gasteiger charge is 2.46. The maximum absolute atomic E-state index is 11.4. The first-order chi connectivity index (χ1) is 5.13. The van der Waals surface area contributed by atoms with E-state index in [0.717, 1.165) is 10.6 Å². The minimum absolute atomic E-state index is 0.435. The zero-order chi connectivity index (χ0) is 8.48. The molecular weight excluding hydrogens is 384 g/mol. The van der Waals surface area contributed by atoms with Gasteiger partial charge in [0.2, 0.25) is 8.24 Å². The second kappa shape index (κ2) is 4.01. The van der Waals surface area contributed by atoms with Crippen molar-refractivity contribution in [3.05, 3.63) is 0 Å². The van der Waals surface area contributed by atoms with Crippen molar-refractivity contribution in [3.8, 4) is 0 Å². The van der Waals surface area contributed by atoms with E-state index in [-0.39, 0.29) is 0 Å². The maximum Gasteiger partial charge on any atom is 0.228 e. The van der Waals surface area contributed by atoms with E-state index in [9.17, 15) is 4.79 Å². The van der Waals surface area contributed by atoms with Crippen LogP contribution in [0.25, 0.3) is 0 Å². The van der Waals surface area contributed by atoms with Crippen molar-refractivity contribution in [2.75, 3.05) is 17.6 Å². The Kier molecular flexibility index (Phi) is 3.79. The highest BCUT2D eigenvalue weighted by Crippen LogP contribution is 2.29. The Morgan fingerprint density at radius 1 is 1.73 bits per heavy atom. The van der Waals surface area contributed by atoms with Gasteiger partial charge in [0.05, 0.1) is 0 Å². The number of halogens is 2. The summed E-state index contributed by atoms with van der Waals surface area (Å²) < 4.78 is 3.82. The van der Waals surface area contributed by atoms with Crippen LogP contribution in [0.4, 0.5) is 4.79 Å². The molecule has 0 aromatic heterocycles. The van der Waals surface area contributed by atoms with E-state index in [1.165, 1.54) is 12.5 Å². The van der Waals surface area contributed by atoms with Gasteiger partial charge in [0.25, 0.3) is 0 Å². The Bertz CT molecular complexity index is 178. The molecule has 0 aliphatic carbocycles. The van der Waals surface area contributed by atoms with Crippen molar-refractivity contribution in [3.63, 3.8) is 0 Å². The molecule has 1 heterocycles. The van der Waals surface area contributed by atoms with Crippen LogP contribution in [0.15, 0.2) is 0 Å². The molecule has 5 heteroatoms. The first-order valence-corrected chi connectivity index (χ1v) is 8.57. The summed E-state index contributed by atoms with van der Waals surface area (Å²) in [6.45, 7) is 1.13. The third-order valence-electron chi connectivity index (χ3n) is 2.40. The molecule has 0 saturated carbocycles. The van der Waals surface area contributed by atoms with Gasteiger partial charge in [0.1, 0.15) is 0 Å². The third-order valence-corrected chi connectivity index (χ3v) is 13.2. The lowest BCUT2D eigenvalue weighted by atomic mass is 10.5. The molecule has 0 N–H and O–H groups in total. The average Bonchev–Trinajstić information content (AvgIpc) is 2.32. The number of hydrogen-bond donors (Lipinski definition) is 0. The fourth-order valence-corrected chi connectivity index (χ4v) is 12.9. The molecule has 11 heavy (non-hydrogen) atoms. The van der Waals surface area contributed by atoms with Crippen LogP contribution in [-0.2, 0) is 0 Å². The van der Waals surface area contributed by atoms with Crippen molar-refractivity contribution < 1.29 is 4.79 Å². The molecule has 0 aromatic rings. The number of rotatable bonds is 2. The van der Waals surface area contributed by atoms with Gasteiger partial charge >= 0.3 is 0 Å². The fourth-order valence-electron chi connectivity index (χ4n) is 1.48. The second-order valence-corrected chi connectivity index (χ2v) is 11.3. The van der Waals surface area contributed by atoms with Gasteiger partial charge in [-0.1, -0.05) is 22.6 Å². The van der Waals surface area contributed by atoms with Gasteiger partial charge in [0, 0.05) is 4.05 Å². The molecule has 0 aromatic carbocycles. The molecule has 1 saturated heterocycles. The lowest BCUT2D eigenvalue weighted by molar-refractivity contribution is 0.274. The van der Waals surface area contributed by atoms with Crippen LogP contribution in [0.3, 0.4) is 0 Å². The fraction of sp³-hybridized carbons (Fsp3) is 0.833. The molecule has 0 amide bonds. The summed E-state index contributed by atoms with van der Waals surface area (Å²) >= 11 is 4.36. The highest BCUT2D eigenvalue weighted by molar-refractivity contribution is 14.1. The third kappa shape index (κ3) is 1.80. The van der Waals surface area contributed by atoms with Crippen molar-refractivity contribution >= 4 is 56.8 Å². The lowest BCUT2D eigenvalue weighted by Gasteiger charge is -2.27. The van der Waals surface area contributed by atoms with Crippen LogP contribution in [0.1, 0.15) is 6.42 Å². The molecular formula is C6H11I2NOSi. The normalized spacial score (nSPS) is 32.6. The first-order valence-electron chi connectivity index (χ1n) is 3.60. The monoisotopic (exact) mass is 395 g/mol. The largest absolute Gasteiger partial charge is 0.319 e. The Morgan fingerprint density at radius 3 is 2.55 bits per heavy atom. The van der Waals surface area contributed by atoms with E-state index in [0.29, 0.717) is 3.41 Å². The predicted octanol–water partition coefficient (Wildman–Crippen LogP) is 2.38. The zero-order valence-corrected chi connectivity index (χ0v) is 11.8. The molecule has 0 spiro atoms. The average molecular weight is 395 g/mol. The lowest BCUT2D eigenvalue weighted by Crippen LogP contribution is -2.53. The van der Waals surface area contributed by atoms with Gasteiger partial charge in [0.15, 0.2) is 3.41 Å². The van der Waals surface area contributed by atoms with Crippen LogP contribution in [0, 0.1) is 0 Å². The number of carbonyl (C=O) groups is 1. The van der Waals surface area contributed by atoms with Gasteiger partial charge < -0.3 is 4.57 Å². The molecule has 1 aliphatic heterocycles. The van der Waals surface area contributed by atoms with E-state index in [2.05, 4.69) is 34.2 Å². The summed E-state index contributed by atoms with van der Waals surface area (Å²) in [6.07, 6.45) is 1.22. The molecule has 0 radical (unpaired) electrons. The van der Waals surface area contributed by atoms with Crippen molar-refractivity contribution in [1.29, 1.82) is 0 Å². The topological polar surface area (TPSA) is 20.3 Å². The minimum Gasteiger partial charge on any atom is -0.319 e. The number of carbonyl (C=O) groups excluding carboxylic acids is 1. The summed E-state index contributed by atoms with van der Waals surface area (Å²) in [5.74, 6) is 0. The molecule has 1 unspecified atom stereocenters. The first kappa shape index (κ1) is 10.4. The second-order valence-electron chi connectivity index (χ2n) is 2.96. The Balaban J connectivity index is 2.82. The molecule has 0 bridgehead atoms. The standard InChI is InChI=1S/C6H11I2NOSi/c1-9-3-2-4-11(9,5-7)6(8)10/h2-5H2,1H3. The summed E-state index contributed by atoms with van der Waals surface area (Å²) in [5.41, 5.74) is 0. The molecule has 1 rings (SSSR count). The smallest absolute Gasteiger partial charge is 0.228 e. The number of hydrogen-bond acceptors (Lipinski definition) is 2. The maximum atomic E-state index is 11.4. The van der Waals surface area contributed by atoms with Gasteiger partial charge in [-0.2, -0.15) is 0 Å². The SMILES string of the molecule is CN1CCC[Si]1(CI)C(=O)I. The summed E-state index contributed by atoms with van der Waals surface area (Å²) in [7, 11) is 0.486. The summed E-state index contributed by atoms with van der Waals surface area (Å²) in [6, 6.07) is 1.17. The van der Waals surface area contributed by atoms with Gasteiger partial charge in [-0.3, -0.25) is 4.79 Å². The Labute approximate surface area is 95.5 Å². The molecule has 1 fully saturated rings. The van der Waals surface area contributed by atoms with Crippen molar-refractivity contribution in [1.82, 2.24) is 4.57 Å². The van der Waals surface area contributed by atoms with Crippen LogP contribution >= 0.6 is 45.2 Å². The zero-order valence-electron chi connectivity index (χ0n) is 6.44. The highest BCUT2D eigenvalue weighted by atomic mass is 127. The van der Waals surface area contributed by atoms with E-state index in [1.54, 1.807) is 0 Å². The predicted molar refractivity (Wildman–Crippen MR) is 66.1 cm³/mol. The summed E-state index contributed by atoms with van der Waals surface area (Å²) in [5, 5.41) is 0. The van der Waals surface area contributed by atoms with Gasteiger partial charge in [-0.15, -0.1) is 0 Å². The molecule has 2 nitrogen and oxygen atoms in total. The van der Waals surface area contributed by atoms with Gasteiger partial charge in [-0.25, -0.2) is 0 Å². The van der Waals surface area contributed by atoms with Crippen LogP contribution in [0.5, 0.6) is 0 Å². The Hall–Kier alpha value is 1.31. The minimum atomic E-state index is -1.62. The number of nitrogens with zero attached hydrogens (tertiary/aromatic N) is 1. The van der Waals surface area contributed by atoms with Gasteiger partial charge in [-0.05, 0) is 48.6 Å². The van der Waals surface area contributed by atoms with E-state index >= 15 is 0 Å². The Morgan fingerprint density at radius 2 is 2.36 bits per heavy atom. The molecule has 1 aliphatic rings. The van der Waals surface area contributed by atoms with E-state index in [1.807, 2.05) is 22.6 Å². The quantitative estimate of drug-likeness (QED) is 0.310. The number of alkyl halides is 1. The van der Waals surface area contributed by atoms with E-state index in [4.69, 9.17) is 0 Å². The molecule has 1 atom stereocenters. The van der Waals surface area contributed by atoms with Crippen LogP contribution in [-0.4, -0.2) is 33.9 Å². The van der Waals surface area contributed by atoms with Crippen molar-refractivity contribution in [2.24, 2.45) is 0 Å². The van der Waals surface area contributed by atoms with E-state index < -0.39 is 8.24 Å².